The second-order valence-electron chi connectivity index (χ2n) is 3.96. The van der Waals surface area contributed by atoms with Crippen LogP contribution >= 0.6 is 0 Å². The van der Waals surface area contributed by atoms with Crippen molar-refractivity contribution in [1.29, 1.82) is 0 Å². The van der Waals surface area contributed by atoms with Crippen LogP contribution in [0.5, 0.6) is 0 Å². The zero-order valence-electron chi connectivity index (χ0n) is 10.1. The number of nitrogens with zero attached hydrogens (tertiary/aromatic N) is 2. The molecule has 2 heterocycles. The average Bonchev–Trinajstić information content (AvgIpc) is 2.37. The number of pyridine rings is 2. The number of hydrogen-bond donors (Lipinski definition) is 2. The molecule has 1 amide bonds. The van der Waals surface area contributed by atoms with Gasteiger partial charge in [-0.15, -0.1) is 0 Å². The highest BCUT2D eigenvalue weighted by Crippen LogP contribution is 2.06. The fourth-order valence-corrected chi connectivity index (χ4v) is 1.54. The number of carbonyl (C=O) groups is 1. The molecule has 5 nitrogen and oxygen atoms in total. The van der Waals surface area contributed by atoms with Crippen LogP contribution in [0, 0.1) is 6.92 Å². The van der Waals surface area contributed by atoms with Gasteiger partial charge < -0.3 is 11.1 Å². The van der Waals surface area contributed by atoms with Crippen LogP contribution in [0.25, 0.3) is 0 Å². The minimum Gasteiger partial charge on any atom is -0.399 e. The Bertz CT molecular complexity index is 568. The van der Waals surface area contributed by atoms with Crippen molar-refractivity contribution in [3.63, 3.8) is 0 Å². The van der Waals surface area contributed by atoms with Crippen LogP contribution in [0.15, 0.2) is 36.8 Å². The molecule has 18 heavy (non-hydrogen) atoms. The van der Waals surface area contributed by atoms with Crippen LogP contribution < -0.4 is 11.1 Å². The molecule has 0 aliphatic rings. The summed E-state index contributed by atoms with van der Waals surface area (Å²) in [7, 11) is 0. The maximum Gasteiger partial charge on any atom is 0.270 e. The molecular formula is C13H14N4O. The number of rotatable bonds is 3. The van der Waals surface area contributed by atoms with E-state index in [1.54, 1.807) is 24.5 Å². The molecule has 0 aromatic carbocycles. The summed E-state index contributed by atoms with van der Waals surface area (Å²) in [5.74, 6) is -0.237. The first kappa shape index (κ1) is 12.0. The Morgan fingerprint density at radius 1 is 1.39 bits per heavy atom. The summed E-state index contributed by atoms with van der Waals surface area (Å²) in [6.45, 7) is 2.40. The summed E-state index contributed by atoms with van der Waals surface area (Å²) in [4.78, 5) is 19.8. The lowest BCUT2D eigenvalue weighted by molar-refractivity contribution is 0.0946. The van der Waals surface area contributed by atoms with Gasteiger partial charge in [0, 0.05) is 30.8 Å². The van der Waals surface area contributed by atoms with Gasteiger partial charge in [-0.2, -0.15) is 0 Å². The molecule has 0 saturated heterocycles. The maximum atomic E-state index is 11.8. The van der Waals surface area contributed by atoms with E-state index in [1.165, 1.54) is 6.20 Å². The number of aryl methyl sites for hydroxylation is 1. The van der Waals surface area contributed by atoms with Crippen molar-refractivity contribution >= 4 is 11.6 Å². The smallest absolute Gasteiger partial charge is 0.270 e. The molecule has 0 unspecified atom stereocenters. The van der Waals surface area contributed by atoms with Crippen LogP contribution in [0.3, 0.4) is 0 Å². The topological polar surface area (TPSA) is 80.9 Å². The number of aromatic nitrogens is 2. The van der Waals surface area contributed by atoms with Crippen molar-refractivity contribution in [2.24, 2.45) is 0 Å². The van der Waals surface area contributed by atoms with Gasteiger partial charge in [-0.1, -0.05) is 0 Å². The molecule has 2 rings (SSSR count). The Balaban J connectivity index is 2.03. The quantitative estimate of drug-likeness (QED) is 0.850. The molecule has 0 radical (unpaired) electrons. The van der Waals surface area contributed by atoms with Gasteiger partial charge in [0.15, 0.2) is 0 Å². The first-order chi connectivity index (χ1) is 8.66. The van der Waals surface area contributed by atoms with Crippen molar-refractivity contribution in [3.05, 3.63) is 53.6 Å². The zero-order chi connectivity index (χ0) is 13.0. The summed E-state index contributed by atoms with van der Waals surface area (Å²) in [6, 6.07) is 5.07. The molecule has 2 aromatic heterocycles. The highest BCUT2D eigenvalue weighted by atomic mass is 16.1. The van der Waals surface area contributed by atoms with E-state index in [-0.39, 0.29) is 5.91 Å². The second kappa shape index (κ2) is 5.27. The molecule has 0 spiro atoms. The SMILES string of the molecule is Cc1cnccc1CNC(=O)c1cc(N)ccn1. The Morgan fingerprint density at radius 3 is 2.94 bits per heavy atom. The van der Waals surface area contributed by atoms with E-state index in [1.807, 2.05) is 13.0 Å². The Labute approximate surface area is 105 Å². The molecular weight excluding hydrogens is 228 g/mol. The summed E-state index contributed by atoms with van der Waals surface area (Å²) in [6.07, 6.45) is 4.98. The van der Waals surface area contributed by atoms with Crippen LogP contribution in [-0.4, -0.2) is 15.9 Å². The predicted octanol–water partition coefficient (Wildman–Crippen LogP) is 1.30. The first-order valence-corrected chi connectivity index (χ1v) is 5.56. The largest absolute Gasteiger partial charge is 0.399 e. The van der Waals surface area contributed by atoms with Gasteiger partial charge >= 0.3 is 0 Å². The zero-order valence-corrected chi connectivity index (χ0v) is 10.1. The molecule has 0 saturated carbocycles. The number of amides is 1. The fourth-order valence-electron chi connectivity index (χ4n) is 1.54. The molecule has 3 N–H and O–H groups in total. The van der Waals surface area contributed by atoms with Crippen molar-refractivity contribution in [2.75, 3.05) is 5.73 Å². The maximum absolute atomic E-state index is 11.8. The van der Waals surface area contributed by atoms with Gasteiger partial charge in [-0.25, -0.2) is 0 Å². The third-order valence-electron chi connectivity index (χ3n) is 2.59. The van der Waals surface area contributed by atoms with Crippen LogP contribution in [0.4, 0.5) is 5.69 Å². The molecule has 5 heteroatoms. The lowest BCUT2D eigenvalue weighted by atomic mass is 10.1. The Morgan fingerprint density at radius 2 is 2.22 bits per heavy atom. The average molecular weight is 242 g/mol. The number of nitrogen functional groups attached to an aromatic ring is 1. The molecule has 0 aliphatic heterocycles. The number of hydrogen-bond acceptors (Lipinski definition) is 4. The van der Waals surface area contributed by atoms with E-state index in [0.717, 1.165) is 11.1 Å². The van der Waals surface area contributed by atoms with Crippen LogP contribution in [0.2, 0.25) is 0 Å². The van der Waals surface area contributed by atoms with Crippen LogP contribution in [-0.2, 0) is 6.54 Å². The Hall–Kier alpha value is -2.43. The third-order valence-corrected chi connectivity index (χ3v) is 2.59. The molecule has 0 atom stereocenters. The van der Waals surface area contributed by atoms with E-state index >= 15 is 0 Å². The second-order valence-corrected chi connectivity index (χ2v) is 3.96. The van der Waals surface area contributed by atoms with E-state index in [2.05, 4.69) is 15.3 Å². The van der Waals surface area contributed by atoms with E-state index in [4.69, 9.17) is 5.73 Å². The third kappa shape index (κ3) is 2.82. The summed E-state index contributed by atoms with van der Waals surface area (Å²) in [5.41, 5.74) is 8.51. The minimum absolute atomic E-state index is 0.237. The molecule has 0 aliphatic carbocycles. The van der Waals surface area contributed by atoms with Gasteiger partial charge in [0.25, 0.3) is 5.91 Å². The summed E-state index contributed by atoms with van der Waals surface area (Å²) in [5, 5.41) is 2.80. The van der Waals surface area contributed by atoms with Crippen molar-refractivity contribution in [3.8, 4) is 0 Å². The van der Waals surface area contributed by atoms with Crippen molar-refractivity contribution in [2.45, 2.75) is 13.5 Å². The first-order valence-electron chi connectivity index (χ1n) is 5.56. The lowest BCUT2D eigenvalue weighted by Gasteiger charge is -2.07. The van der Waals surface area contributed by atoms with E-state index in [0.29, 0.717) is 17.9 Å². The minimum atomic E-state index is -0.237. The monoisotopic (exact) mass is 242 g/mol. The lowest BCUT2D eigenvalue weighted by Crippen LogP contribution is -2.24. The molecule has 2 aromatic rings. The number of carbonyl (C=O) groups excluding carboxylic acids is 1. The normalized spacial score (nSPS) is 10.1. The number of nitrogens with one attached hydrogen (secondary N) is 1. The summed E-state index contributed by atoms with van der Waals surface area (Å²) >= 11 is 0. The number of anilines is 1. The fraction of sp³-hybridized carbons (Fsp3) is 0.154. The van der Waals surface area contributed by atoms with Gasteiger partial charge in [0.2, 0.25) is 0 Å². The Kier molecular flexibility index (Phi) is 3.52. The van der Waals surface area contributed by atoms with Gasteiger partial charge in [0.1, 0.15) is 5.69 Å². The van der Waals surface area contributed by atoms with Gasteiger partial charge in [-0.3, -0.25) is 14.8 Å². The highest BCUT2D eigenvalue weighted by Gasteiger charge is 2.07. The molecule has 92 valence electrons. The van der Waals surface area contributed by atoms with Crippen LogP contribution in [0.1, 0.15) is 21.6 Å². The van der Waals surface area contributed by atoms with Gasteiger partial charge in [0.05, 0.1) is 0 Å². The van der Waals surface area contributed by atoms with Crippen molar-refractivity contribution < 1.29 is 4.79 Å². The van der Waals surface area contributed by atoms with Crippen molar-refractivity contribution in [1.82, 2.24) is 15.3 Å². The predicted molar refractivity (Wildman–Crippen MR) is 68.8 cm³/mol. The molecule has 0 bridgehead atoms. The van der Waals surface area contributed by atoms with E-state index in [9.17, 15) is 4.79 Å². The number of nitrogens with two attached hydrogens (primary N) is 1. The van der Waals surface area contributed by atoms with E-state index < -0.39 is 0 Å². The van der Waals surface area contributed by atoms with Gasteiger partial charge in [-0.05, 0) is 36.2 Å². The standard InChI is InChI=1S/C13H14N4O/c1-9-7-15-4-2-10(9)8-17-13(18)12-6-11(14)3-5-16-12/h2-7H,8H2,1H3,(H2,14,16)(H,17,18). The highest BCUT2D eigenvalue weighted by molar-refractivity contribution is 5.92. The summed E-state index contributed by atoms with van der Waals surface area (Å²) < 4.78 is 0. The molecule has 0 fully saturated rings.